The number of rotatable bonds is 4. The van der Waals surface area contributed by atoms with Gasteiger partial charge < -0.3 is 0 Å². The van der Waals surface area contributed by atoms with Crippen LogP contribution in [0.4, 0.5) is 0 Å². The molecule has 1 aromatic heterocycles. The van der Waals surface area contributed by atoms with Crippen molar-refractivity contribution in [2.45, 2.75) is 30.2 Å². The molecule has 0 spiro atoms. The zero-order chi connectivity index (χ0) is 15.6. The van der Waals surface area contributed by atoms with Crippen LogP contribution in [0.2, 0.25) is 5.02 Å². The van der Waals surface area contributed by atoms with Crippen LogP contribution in [0.5, 0.6) is 0 Å². The molecule has 0 amide bonds. The van der Waals surface area contributed by atoms with E-state index in [1.165, 1.54) is 18.3 Å². The van der Waals surface area contributed by atoms with Gasteiger partial charge in [0.05, 0.1) is 14.6 Å². The van der Waals surface area contributed by atoms with E-state index < -0.39 is 0 Å². The monoisotopic (exact) mass is 335 g/mol. The summed E-state index contributed by atoms with van der Waals surface area (Å²) in [6.45, 7) is 5.68. The molecule has 1 heterocycles. The Hall–Kier alpha value is -1.28. The normalized spacial score (nSPS) is 10.7. The van der Waals surface area contributed by atoms with Gasteiger partial charge in [-0.15, -0.1) is 23.1 Å². The fourth-order valence-electron chi connectivity index (χ4n) is 1.95. The van der Waals surface area contributed by atoms with Crippen LogP contribution in [-0.4, -0.2) is 11.0 Å². The zero-order valence-electron chi connectivity index (χ0n) is 11.9. The maximum Gasteiger partial charge on any atom is 0.170 e. The van der Waals surface area contributed by atoms with Crippen molar-refractivity contribution < 1.29 is 4.79 Å². The number of hydrogen-bond acceptors (Lipinski definition) is 4. The molecular weight excluding hydrogens is 322 g/mol. The molecule has 0 fully saturated rings. The lowest BCUT2D eigenvalue weighted by Crippen LogP contribution is -1.92. The van der Waals surface area contributed by atoms with E-state index in [0.29, 0.717) is 20.7 Å². The number of halogens is 1. The minimum absolute atomic E-state index is 0.0166. The minimum atomic E-state index is -0.0166. The van der Waals surface area contributed by atoms with Gasteiger partial charge in [0.15, 0.2) is 5.78 Å². The summed E-state index contributed by atoms with van der Waals surface area (Å²) in [7, 11) is 0. The molecule has 108 valence electrons. The van der Waals surface area contributed by atoms with Gasteiger partial charge in [0, 0.05) is 15.8 Å². The molecule has 21 heavy (non-hydrogen) atoms. The van der Waals surface area contributed by atoms with Gasteiger partial charge >= 0.3 is 0 Å². The summed E-state index contributed by atoms with van der Waals surface area (Å²) in [5.74, 6) is -0.0166. The molecule has 1 aromatic carbocycles. The second kappa shape index (κ2) is 6.65. The minimum Gasteiger partial charge on any atom is -0.294 e. The first-order chi connectivity index (χ1) is 9.93. The molecule has 2 aromatic rings. The molecule has 0 saturated carbocycles. The predicted molar refractivity (Wildman–Crippen MR) is 90.5 cm³/mol. The van der Waals surface area contributed by atoms with Gasteiger partial charge in [-0.05, 0) is 24.6 Å². The van der Waals surface area contributed by atoms with Gasteiger partial charge in [-0.3, -0.25) is 4.79 Å². The number of benzene rings is 1. The van der Waals surface area contributed by atoms with Crippen molar-refractivity contribution in [3.05, 3.63) is 39.7 Å². The van der Waals surface area contributed by atoms with Crippen molar-refractivity contribution in [1.82, 2.24) is 0 Å². The van der Waals surface area contributed by atoms with E-state index in [1.54, 1.807) is 23.9 Å². The Kier molecular flexibility index (Phi) is 5.10. The molecule has 0 atom stereocenters. The van der Waals surface area contributed by atoms with Crippen LogP contribution >= 0.6 is 34.7 Å². The van der Waals surface area contributed by atoms with Crippen molar-refractivity contribution in [3.8, 4) is 17.2 Å². The number of Topliss-reactive ketones (excluding diaryl/α,β-unsaturated/α-hetero) is 1. The Labute approximate surface area is 137 Å². The maximum absolute atomic E-state index is 11.9. The van der Waals surface area contributed by atoms with Gasteiger partial charge in [-0.1, -0.05) is 37.6 Å². The number of ketones is 1. The molecule has 2 rings (SSSR count). The summed E-state index contributed by atoms with van der Waals surface area (Å²) in [4.78, 5) is 12.6. The van der Waals surface area contributed by atoms with Crippen LogP contribution in [0.3, 0.4) is 0 Å². The molecule has 0 bridgehead atoms. The van der Waals surface area contributed by atoms with Crippen molar-refractivity contribution in [2.75, 3.05) is 0 Å². The topological polar surface area (TPSA) is 40.9 Å². The lowest BCUT2D eigenvalue weighted by Gasteiger charge is -2.04. The quantitative estimate of drug-likeness (QED) is 0.536. The Morgan fingerprint density at radius 1 is 1.33 bits per heavy atom. The number of nitrogens with zero attached hydrogens (tertiary/aromatic N) is 1. The number of thiophene rings is 1. The summed E-state index contributed by atoms with van der Waals surface area (Å²) in [6.07, 6.45) is 0. The predicted octanol–water partition coefficient (Wildman–Crippen LogP) is 5.64. The van der Waals surface area contributed by atoms with Gasteiger partial charge in [0.1, 0.15) is 6.07 Å². The molecule has 0 N–H and O–H groups in total. The van der Waals surface area contributed by atoms with Crippen LogP contribution in [0.15, 0.2) is 28.5 Å². The molecule has 0 aliphatic rings. The van der Waals surface area contributed by atoms with E-state index >= 15 is 0 Å². The first-order valence-corrected chi connectivity index (χ1v) is 8.51. The fourth-order valence-corrected chi connectivity index (χ4v) is 4.69. The van der Waals surface area contributed by atoms with E-state index in [9.17, 15) is 10.1 Å². The average Bonchev–Trinajstić information content (AvgIpc) is 2.77. The zero-order valence-corrected chi connectivity index (χ0v) is 14.3. The summed E-state index contributed by atoms with van der Waals surface area (Å²) >= 11 is 8.94. The summed E-state index contributed by atoms with van der Waals surface area (Å²) in [5.41, 5.74) is 2.18. The first kappa shape index (κ1) is 16.1. The van der Waals surface area contributed by atoms with Gasteiger partial charge in [0.25, 0.3) is 0 Å². The number of nitriles is 1. The van der Waals surface area contributed by atoms with E-state index in [-0.39, 0.29) is 5.78 Å². The van der Waals surface area contributed by atoms with Crippen LogP contribution < -0.4 is 0 Å². The van der Waals surface area contributed by atoms with E-state index in [0.717, 1.165) is 15.3 Å². The van der Waals surface area contributed by atoms with E-state index in [2.05, 4.69) is 19.9 Å². The molecule has 0 unspecified atom stereocenters. The third-order valence-corrected chi connectivity index (χ3v) is 5.55. The van der Waals surface area contributed by atoms with Gasteiger partial charge in [0.2, 0.25) is 0 Å². The molecule has 0 radical (unpaired) electrons. The summed E-state index contributed by atoms with van der Waals surface area (Å²) in [6, 6.07) is 9.51. The van der Waals surface area contributed by atoms with Crippen molar-refractivity contribution in [2.24, 2.45) is 0 Å². The van der Waals surface area contributed by atoms with Crippen LogP contribution in [0.1, 0.15) is 36.0 Å². The third-order valence-electron chi connectivity index (χ3n) is 2.78. The fraction of sp³-hybridized carbons (Fsp3) is 0.250. The highest BCUT2D eigenvalue weighted by molar-refractivity contribution is 8.01. The molecule has 0 saturated heterocycles. The number of carbonyl (C=O) groups excluding carboxylic acids is 1. The Morgan fingerprint density at radius 2 is 1.95 bits per heavy atom. The smallest absolute Gasteiger partial charge is 0.170 e. The standard InChI is InChI=1S/C16H14ClNOS2/c1-9(2)20-16-13(8-18)14(15(21-16)10(3)19)11-4-6-12(17)7-5-11/h4-7,9H,1-3H3. The number of carbonyl (C=O) groups is 1. The molecule has 0 aliphatic heterocycles. The molecule has 2 nitrogen and oxygen atoms in total. The highest BCUT2D eigenvalue weighted by Crippen LogP contribution is 2.43. The average molecular weight is 336 g/mol. The van der Waals surface area contributed by atoms with Crippen LogP contribution in [-0.2, 0) is 0 Å². The SMILES string of the molecule is CC(=O)c1sc(SC(C)C)c(C#N)c1-c1ccc(Cl)cc1. The number of thioether (sulfide) groups is 1. The van der Waals surface area contributed by atoms with E-state index in [1.807, 2.05) is 12.1 Å². The molecule has 5 heteroatoms. The van der Waals surface area contributed by atoms with Crippen molar-refractivity contribution in [1.29, 1.82) is 5.26 Å². The second-order valence-corrected chi connectivity index (χ2v) is 8.11. The Balaban J connectivity index is 2.67. The lowest BCUT2D eigenvalue weighted by molar-refractivity contribution is 0.102. The summed E-state index contributed by atoms with van der Waals surface area (Å²) in [5, 5.41) is 10.5. The Bertz CT molecular complexity index is 711. The largest absolute Gasteiger partial charge is 0.294 e. The van der Waals surface area contributed by atoms with Gasteiger partial charge in [-0.25, -0.2) is 0 Å². The summed E-state index contributed by atoms with van der Waals surface area (Å²) < 4.78 is 0.905. The molecule has 0 aliphatic carbocycles. The highest BCUT2D eigenvalue weighted by Gasteiger charge is 2.22. The maximum atomic E-state index is 11.9. The molecular formula is C16H14ClNOS2. The van der Waals surface area contributed by atoms with Gasteiger partial charge in [-0.2, -0.15) is 5.26 Å². The number of hydrogen-bond donors (Lipinski definition) is 0. The highest BCUT2D eigenvalue weighted by atomic mass is 35.5. The van der Waals surface area contributed by atoms with Crippen LogP contribution in [0.25, 0.3) is 11.1 Å². The van der Waals surface area contributed by atoms with Crippen molar-refractivity contribution >= 4 is 40.5 Å². The Morgan fingerprint density at radius 3 is 2.43 bits per heavy atom. The third kappa shape index (κ3) is 3.49. The lowest BCUT2D eigenvalue weighted by atomic mass is 10.0. The van der Waals surface area contributed by atoms with Crippen molar-refractivity contribution in [3.63, 3.8) is 0 Å². The second-order valence-electron chi connectivity index (χ2n) is 4.81. The van der Waals surface area contributed by atoms with E-state index in [4.69, 9.17) is 11.6 Å². The van der Waals surface area contributed by atoms with Crippen LogP contribution in [0, 0.1) is 11.3 Å². The first-order valence-electron chi connectivity index (χ1n) is 6.44.